The number of amides is 1. The van der Waals surface area contributed by atoms with Crippen LogP contribution in [0.2, 0.25) is 0 Å². The molecule has 0 unspecified atom stereocenters. The van der Waals surface area contributed by atoms with Crippen molar-refractivity contribution in [1.29, 1.82) is 0 Å². The Morgan fingerprint density at radius 2 is 2.20 bits per heavy atom. The summed E-state index contributed by atoms with van der Waals surface area (Å²) in [5.41, 5.74) is 0.850. The molecule has 0 fully saturated rings. The summed E-state index contributed by atoms with van der Waals surface area (Å²) >= 11 is 0. The van der Waals surface area contributed by atoms with Gasteiger partial charge in [-0.15, -0.1) is 0 Å². The van der Waals surface area contributed by atoms with Crippen molar-refractivity contribution in [2.75, 3.05) is 26.9 Å². The lowest BCUT2D eigenvalue weighted by Gasteiger charge is -2.09. The van der Waals surface area contributed by atoms with E-state index in [0.29, 0.717) is 31.1 Å². The first-order valence-electron chi connectivity index (χ1n) is 6.58. The van der Waals surface area contributed by atoms with Crippen LogP contribution >= 0.6 is 0 Å². The Morgan fingerprint density at radius 3 is 2.85 bits per heavy atom. The van der Waals surface area contributed by atoms with Crippen molar-refractivity contribution < 1.29 is 19.4 Å². The minimum Gasteiger partial charge on any atom is -0.493 e. The number of methoxy groups -OCH3 is 1. The molecule has 0 radical (unpaired) electrons. The van der Waals surface area contributed by atoms with Gasteiger partial charge in [-0.25, -0.2) is 0 Å². The fourth-order valence-electron chi connectivity index (χ4n) is 1.58. The van der Waals surface area contributed by atoms with E-state index in [1.54, 1.807) is 13.2 Å². The minimum absolute atomic E-state index is 0.0695. The number of aliphatic hydroxyl groups excluding tert-OH is 1. The van der Waals surface area contributed by atoms with Crippen LogP contribution in [0.1, 0.15) is 18.9 Å². The topological polar surface area (TPSA) is 67.8 Å². The molecule has 2 N–H and O–H groups in total. The first-order chi connectivity index (χ1) is 9.71. The number of rotatable bonds is 8. The van der Waals surface area contributed by atoms with Gasteiger partial charge in [0, 0.05) is 19.2 Å². The molecule has 1 aromatic rings. The normalized spacial score (nSPS) is 10.6. The van der Waals surface area contributed by atoms with Gasteiger partial charge in [0.05, 0.1) is 13.7 Å². The maximum atomic E-state index is 11.5. The summed E-state index contributed by atoms with van der Waals surface area (Å²) in [6.07, 6.45) is 3.70. The Morgan fingerprint density at radius 1 is 1.40 bits per heavy atom. The highest BCUT2D eigenvalue weighted by Gasteiger charge is 2.04. The highest BCUT2D eigenvalue weighted by Crippen LogP contribution is 2.28. The van der Waals surface area contributed by atoms with E-state index in [2.05, 4.69) is 5.32 Å². The molecule has 1 rings (SSSR count). The Hall–Kier alpha value is -2.01. The molecule has 0 atom stereocenters. The van der Waals surface area contributed by atoms with E-state index in [0.717, 1.165) is 5.56 Å². The maximum absolute atomic E-state index is 11.5. The molecule has 1 aromatic carbocycles. The highest BCUT2D eigenvalue weighted by atomic mass is 16.5. The number of nitrogens with one attached hydrogen (secondary N) is 1. The number of carbonyl (C=O) groups excluding carboxylic acids is 1. The van der Waals surface area contributed by atoms with Crippen LogP contribution in [0.15, 0.2) is 24.3 Å². The molecule has 0 heterocycles. The zero-order valence-electron chi connectivity index (χ0n) is 11.9. The number of hydrogen-bond acceptors (Lipinski definition) is 4. The fourth-order valence-corrected chi connectivity index (χ4v) is 1.58. The van der Waals surface area contributed by atoms with Crippen molar-refractivity contribution in [2.45, 2.75) is 13.3 Å². The van der Waals surface area contributed by atoms with Crippen LogP contribution in [-0.2, 0) is 4.79 Å². The predicted octanol–water partition coefficient (Wildman–Crippen LogP) is 1.61. The molecular weight excluding hydrogens is 258 g/mol. The lowest BCUT2D eigenvalue weighted by molar-refractivity contribution is -0.116. The van der Waals surface area contributed by atoms with E-state index in [-0.39, 0.29) is 12.5 Å². The quantitative estimate of drug-likeness (QED) is 0.560. The van der Waals surface area contributed by atoms with Gasteiger partial charge in [-0.3, -0.25) is 4.79 Å². The Kier molecular flexibility index (Phi) is 7.21. The van der Waals surface area contributed by atoms with E-state index in [1.807, 2.05) is 25.1 Å². The van der Waals surface area contributed by atoms with Gasteiger partial charge in [0.25, 0.3) is 0 Å². The molecule has 0 spiro atoms. The third-order valence-electron chi connectivity index (χ3n) is 2.55. The van der Waals surface area contributed by atoms with Crippen molar-refractivity contribution in [3.8, 4) is 11.5 Å². The van der Waals surface area contributed by atoms with Crippen LogP contribution in [-0.4, -0.2) is 37.9 Å². The van der Waals surface area contributed by atoms with Gasteiger partial charge in [-0.1, -0.05) is 6.07 Å². The van der Waals surface area contributed by atoms with Crippen LogP contribution in [0, 0.1) is 0 Å². The molecule has 0 aliphatic heterocycles. The third-order valence-corrected chi connectivity index (χ3v) is 2.55. The maximum Gasteiger partial charge on any atom is 0.244 e. The number of hydrogen-bond donors (Lipinski definition) is 2. The van der Waals surface area contributed by atoms with Gasteiger partial charge in [0.15, 0.2) is 11.5 Å². The predicted molar refractivity (Wildman–Crippen MR) is 77.9 cm³/mol. The number of carbonyl (C=O) groups is 1. The van der Waals surface area contributed by atoms with Crippen molar-refractivity contribution in [2.24, 2.45) is 0 Å². The first kappa shape index (κ1) is 16.0. The summed E-state index contributed by atoms with van der Waals surface area (Å²) < 4.78 is 10.7. The number of benzene rings is 1. The van der Waals surface area contributed by atoms with Crippen molar-refractivity contribution in [1.82, 2.24) is 5.32 Å². The van der Waals surface area contributed by atoms with Crippen LogP contribution in [0.3, 0.4) is 0 Å². The Labute approximate surface area is 119 Å². The lowest BCUT2D eigenvalue weighted by atomic mass is 10.2. The molecule has 0 aliphatic carbocycles. The van der Waals surface area contributed by atoms with Gasteiger partial charge < -0.3 is 19.9 Å². The van der Waals surface area contributed by atoms with Crippen LogP contribution in [0.4, 0.5) is 0 Å². The van der Waals surface area contributed by atoms with Crippen LogP contribution < -0.4 is 14.8 Å². The van der Waals surface area contributed by atoms with Crippen LogP contribution in [0.5, 0.6) is 11.5 Å². The second-order valence-electron chi connectivity index (χ2n) is 4.04. The Balaban J connectivity index is 2.65. The number of ether oxygens (including phenoxy) is 2. The summed E-state index contributed by atoms with van der Waals surface area (Å²) in [6.45, 7) is 3.01. The average Bonchev–Trinajstić information content (AvgIpc) is 2.46. The fraction of sp³-hybridized carbons (Fsp3) is 0.400. The minimum atomic E-state index is -0.189. The first-order valence-corrected chi connectivity index (χ1v) is 6.58. The van der Waals surface area contributed by atoms with Crippen molar-refractivity contribution in [3.05, 3.63) is 29.8 Å². The lowest BCUT2D eigenvalue weighted by Crippen LogP contribution is -2.22. The molecule has 0 saturated carbocycles. The van der Waals surface area contributed by atoms with Crippen LogP contribution in [0.25, 0.3) is 6.08 Å². The summed E-state index contributed by atoms with van der Waals surface area (Å²) in [4.78, 5) is 11.5. The Bertz CT molecular complexity index is 457. The van der Waals surface area contributed by atoms with E-state index < -0.39 is 0 Å². The second-order valence-corrected chi connectivity index (χ2v) is 4.04. The van der Waals surface area contributed by atoms with E-state index in [9.17, 15) is 4.79 Å². The third kappa shape index (κ3) is 5.32. The van der Waals surface area contributed by atoms with Gasteiger partial charge in [-0.05, 0) is 37.1 Å². The largest absolute Gasteiger partial charge is 0.493 e. The standard InChI is InChI=1S/C15H21NO4/c1-3-20-13-7-5-12(11-14(13)19-2)6-8-15(18)16-9-4-10-17/h5-8,11,17H,3-4,9-10H2,1-2H3,(H,16,18)/b8-6+. The molecule has 1 amide bonds. The molecule has 0 aromatic heterocycles. The zero-order valence-corrected chi connectivity index (χ0v) is 11.9. The van der Waals surface area contributed by atoms with Gasteiger partial charge in [-0.2, -0.15) is 0 Å². The van der Waals surface area contributed by atoms with E-state index in [4.69, 9.17) is 14.6 Å². The molecule has 5 heteroatoms. The SMILES string of the molecule is CCOc1ccc(/C=C/C(=O)NCCCO)cc1OC. The molecule has 20 heavy (non-hydrogen) atoms. The van der Waals surface area contributed by atoms with Crippen molar-refractivity contribution in [3.63, 3.8) is 0 Å². The summed E-state index contributed by atoms with van der Waals surface area (Å²) in [5, 5.41) is 11.3. The highest BCUT2D eigenvalue weighted by molar-refractivity contribution is 5.91. The average molecular weight is 279 g/mol. The molecular formula is C15H21NO4. The molecule has 0 bridgehead atoms. The monoisotopic (exact) mass is 279 g/mol. The van der Waals surface area contributed by atoms with Gasteiger partial charge in [0.1, 0.15) is 0 Å². The van der Waals surface area contributed by atoms with Crippen molar-refractivity contribution >= 4 is 12.0 Å². The molecule has 0 saturated heterocycles. The van der Waals surface area contributed by atoms with E-state index in [1.165, 1.54) is 6.08 Å². The molecule has 110 valence electrons. The van der Waals surface area contributed by atoms with E-state index >= 15 is 0 Å². The van der Waals surface area contributed by atoms with Gasteiger partial charge in [0.2, 0.25) is 5.91 Å². The summed E-state index contributed by atoms with van der Waals surface area (Å²) in [5.74, 6) is 1.13. The molecule has 5 nitrogen and oxygen atoms in total. The van der Waals surface area contributed by atoms with Gasteiger partial charge >= 0.3 is 0 Å². The smallest absolute Gasteiger partial charge is 0.244 e. The summed E-state index contributed by atoms with van der Waals surface area (Å²) in [7, 11) is 1.58. The number of aliphatic hydroxyl groups is 1. The second kappa shape index (κ2) is 8.98. The molecule has 0 aliphatic rings. The summed E-state index contributed by atoms with van der Waals surface area (Å²) in [6, 6.07) is 5.47. The zero-order chi connectivity index (χ0) is 14.8.